The van der Waals surface area contributed by atoms with E-state index in [0.29, 0.717) is 0 Å². The van der Waals surface area contributed by atoms with E-state index >= 15 is 0 Å². The summed E-state index contributed by atoms with van der Waals surface area (Å²) in [6, 6.07) is -0.614. The number of hydrogen-bond acceptors (Lipinski definition) is 11. The molecule has 11 heteroatoms. The van der Waals surface area contributed by atoms with Crippen LogP contribution in [-0.4, -0.2) is 63.7 Å². The number of aromatic nitrogens is 3. The maximum absolute atomic E-state index is 11.2. The lowest BCUT2D eigenvalue weighted by atomic mass is 10.4. The summed E-state index contributed by atoms with van der Waals surface area (Å²) in [5.74, 6) is -1.20. The lowest BCUT2D eigenvalue weighted by molar-refractivity contribution is -0.144. The summed E-state index contributed by atoms with van der Waals surface area (Å²) in [6.45, 7) is 11.0. The Labute approximate surface area is 162 Å². The molecule has 1 aromatic heterocycles. The van der Waals surface area contributed by atoms with Gasteiger partial charge in [-0.25, -0.2) is 9.59 Å². The van der Waals surface area contributed by atoms with Gasteiger partial charge in [0, 0.05) is 12.2 Å². The second-order valence-corrected chi connectivity index (χ2v) is 5.43. The van der Waals surface area contributed by atoms with Crippen molar-refractivity contribution in [2.75, 3.05) is 13.2 Å². The van der Waals surface area contributed by atoms with Crippen molar-refractivity contribution < 1.29 is 38.4 Å². The molecule has 1 N–H and O–H groups in total. The Morgan fingerprint density at radius 3 is 1.64 bits per heavy atom. The van der Waals surface area contributed by atoms with Crippen LogP contribution >= 0.6 is 0 Å². The molecule has 0 saturated carbocycles. The minimum atomic E-state index is -1.19. The van der Waals surface area contributed by atoms with Crippen LogP contribution in [0.3, 0.4) is 0 Å². The molecule has 1 heterocycles. The topological polar surface area (TPSA) is 139 Å². The maximum atomic E-state index is 11.2. The fourth-order valence-corrected chi connectivity index (χ4v) is 1.60. The van der Waals surface area contributed by atoms with E-state index in [1.54, 1.807) is 13.8 Å². The third-order valence-corrected chi connectivity index (χ3v) is 2.71. The van der Waals surface area contributed by atoms with E-state index < -0.39 is 30.4 Å². The van der Waals surface area contributed by atoms with Crippen molar-refractivity contribution in [2.24, 2.45) is 0 Å². The van der Waals surface area contributed by atoms with E-state index in [-0.39, 0.29) is 31.2 Å². The second-order valence-electron chi connectivity index (χ2n) is 5.43. The summed E-state index contributed by atoms with van der Waals surface area (Å²) in [6.07, 6.45) is -0.346. The highest BCUT2D eigenvalue weighted by Gasteiger charge is 2.16. The molecule has 0 aliphatic heterocycles. The minimum absolute atomic E-state index is 0.0650. The predicted octanol–water partition coefficient (Wildman–Crippen LogP) is 0.582. The Balaban J connectivity index is 2.78. The molecule has 0 amide bonds. The van der Waals surface area contributed by atoms with Crippen LogP contribution < -0.4 is 14.2 Å². The highest BCUT2D eigenvalue weighted by molar-refractivity contribution is 5.81. The van der Waals surface area contributed by atoms with E-state index in [4.69, 9.17) is 23.7 Å². The zero-order chi connectivity index (χ0) is 21.1. The number of carbonyl (C=O) groups is 2. The number of nitrogens with zero attached hydrogens (tertiary/aromatic N) is 3. The standard InChI is InChI=1S/C17H23N3O8/c1-6-13(22)26-10(3)8-24-15-18-16(20-17(19-15)28-12(5)21)25-9-11(4)27-14(23)7-2/h6-7,10-12,21H,1-2,8-9H2,3-5H3. The number of aliphatic hydroxyl groups excluding tert-OH is 1. The third kappa shape index (κ3) is 8.94. The van der Waals surface area contributed by atoms with Crippen LogP contribution in [0.4, 0.5) is 0 Å². The summed E-state index contributed by atoms with van der Waals surface area (Å²) in [5.41, 5.74) is 0. The number of rotatable bonds is 12. The van der Waals surface area contributed by atoms with Gasteiger partial charge in [-0.15, -0.1) is 15.0 Å². The number of hydrogen-bond donors (Lipinski definition) is 1. The minimum Gasteiger partial charge on any atom is -0.459 e. The summed E-state index contributed by atoms with van der Waals surface area (Å²) in [4.78, 5) is 34.0. The monoisotopic (exact) mass is 397 g/mol. The average molecular weight is 397 g/mol. The number of carbonyl (C=O) groups excluding carboxylic acids is 2. The molecule has 0 aromatic carbocycles. The highest BCUT2D eigenvalue weighted by Crippen LogP contribution is 2.16. The molecule has 0 aliphatic carbocycles. The van der Waals surface area contributed by atoms with Crippen LogP contribution in [0.5, 0.6) is 18.0 Å². The number of aliphatic hydroxyl groups is 1. The van der Waals surface area contributed by atoms with Crippen molar-refractivity contribution in [3.8, 4) is 18.0 Å². The van der Waals surface area contributed by atoms with E-state index in [1.807, 2.05) is 0 Å². The Hall–Kier alpha value is -3.21. The molecule has 1 rings (SSSR count). The van der Waals surface area contributed by atoms with Crippen LogP contribution in [0.25, 0.3) is 0 Å². The Morgan fingerprint density at radius 2 is 1.29 bits per heavy atom. The van der Waals surface area contributed by atoms with Crippen LogP contribution in [0.2, 0.25) is 0 Å². The molecule has 0 spiro atoms. The number of ether oxygens (including phenoxy) is 5. The van der Waals surface area contributed by atoms with Gasteiger partial charge in [-0.3, -0.25) is 0 Å². The highest BCUT2D eigenvalue weighted by atomic mass is 16.6. The first-order valence-electron chi connectivity index (χ1n) is 8.26. The van der Waals surface area contributed by atoms with Gasteiger partial charge in [0.2, 0.25) is 0 Å². The van der Waals surface area contributed by atoms with Crippen LogP contribution in [0.1, 0.15) is 20.8 Å². The molecular weight excluding hydrogens is 374 g/mol. The van der Waals surface area contributed by atoms with Crippen molar-refractivity contribution in [3.63, 3.8) is 0 Å². The largest absolute Gasteiger partial charge is 0.459 e. The van der Waals surface area contributed by atoms with Gasteiger partial charge >= 0.3 is 30.0 Å². The third-order valence-electron chi connectivity index (χ3n) is 2.71. The molecule has 11 nitrogen and oxygen atoms in total. The molecule has 0 fully saturated rings. The molecular formula is C17H23N3O8. The van der Waals surface area contributed by atoms with E-state index in [9.17, 15) is 14.7 Å². The summed E-state index contributed by atoms with van der Waals surface area (Å²) >= 11 is 0. The lowest BCUT2D eigenvalue weighted by Gasteiger charge is -2.15. The van der Waals surface area contributed by atoms with Gasteiger partial charge in [-0.05, 0) is 20.8 Å². The molecule has 3 unspecified atom stereocenters. The molecule has 0 bridgehead atoms. The molecule has 0 radical (unpaired) electrons. The molecule has 0 aliphatic rings. The summed E-state index contributed by atoms with van der Waals surface area (Å²) in [7, 11) is 0. The molecule has 28 heavy (non-hydrogen) atoms. The quantitative estimate of drug-likeness (QED) is 0.301. The van der Waals surface area contributed by atoms with Gasteiger partial charge < -0.3 is 28.8 Å². The molecule has 1 aromatic rings. The lowest BCUT2D eigenvalue weighted by Crippen LogP contribution is -2.23. The second kappa shape index (κ2) is 11.5. The van der Waals surface area contributed by atoms with Crippen molar-refractivity contribution >= 4 is 11.9 Å². The van der Waals surface area contributed by atoms with Gasteiger partial charge in [0.15, 0.2) is 6.29 Å². The molecule has 0 saturated heterocycles. The smallest absolute Gasteiger partial charge is 0.330 e. The number of esters is 2. The van der Waals surface area contributed by atoms with Gasteiger partial charge in [0.1, 0.15) is 25.4 Å². The summed E-state index contributed by atoms with van der Waals surface area (Å²) < 4.78 is 25.6. The fourth-order valence-electron chi connectivity index (χ4n) is 1.60. The van der Waals surface area contributed by atoms with Crippen molar-refractivity contribution in [3.05, 3.63) is 25.3 Å². The van der Waals surface area contributed by atoms with Gasteiger partial charge in [0.25, 0.3) is 0 Å². The zero-order valence-electron chi connectivity index (χ0n) is 15.9. The normalized spacial score (nSPS) is 13.4. The first-order valence-corrected chi connectivity index (χ1v) is 8.26. The van der Waals surface area contributed by atoms with Gasteiger partial charge in [-0.2, -0.15) is 0 Å². The fraction of sp³-hybridized carbons (Fsp3) is 0.471. The Kier molecular flexibility index (Phi) is 9.37. The zero-order valence-corrected chi connectivity index (χ0v) is 15.9. The molecule has 3 atom stereocenters. The van der Waals surface area contributed by atoms with E-state index in [1.165, 1.54) is 6.92 Å². The van der Waals surface area contributed by atoms with Crippen LogP contribution in [0.15, 0.2) is 25.3 Å². The Bertz CT molecular complexity index is 645. The summed E-state index contributed by atoms with van der Waals surface area (Å²) in [5, 5.41) is 9.34. The first-order chi connectivity index (χ1) is 13.2. The van der Waals surface area contributed by atoms with E-state index in [2.05, 4.69) is 28.1 Å². The van der Waals surface area contributed by atoms with Crippen molar-refractivity contribution in [2.45, 2.75) is 39.3 Å². The first kappa shape index (κ1) is 22.8. The average Bonchev–Trinajstić information content (AvgIpc) is 2.63. The van der Waals surface area contributed by atoms with E-state index in [0.717, 1.165) is 12.2 Å². The Morgan fingerprint density at radius 1 is 0.893 bits per heavy atom. The SMILES string of the molecule is C=CC(=O)OC(C)COc1nc(OCC(C)OC(=O)C=C)nc(OC(C)O)n1. The van der Waals surface area contributed by atoms with Gasteiger partial charge in [0.05, 0.1) is 0 Å². The van der Waals surface area contributed by atoms with Gasteiger partial charge in [-0.1, -0.05) is 13.2 Å². The van der Waals surface area contributed by atoms with Crippen molar-refractivity contribution in [1.82, 2.24) is 15.0 Å². The molecule has 154 valence electrons. The van der Waals surface area contributed by atoms with Crippen LogP contribution in [-0.2, 0) is 19.1 Å². The van der Waals surface area contributed by atoms with Crippen molar-refractivity contribution in [1.29, 1.82) is 0 Å². The van der Waals surface area contributed by atoms with Crippen LogP contribution in [0, 0.1) is 0 Å². The maximum Gasteiger partial charge on any atom is 0.330 e. The predicted molar refractivity (Wildman–Crippen MR) is 94.6 cm³/mol.